The van der Waals surface area contributed by atoms with Crippen molar-refractivity contribution in [1.82, 2.24) is 9.80 Å². The van der Waals surface area contributed by atoms with Crippen molar-refractivity contribution in [2.45, 2.75) is 65.0 Å². The number of rotatable bonds is 4. The normalized spacial score (nSPS) is 29.3. The zero-order valence-corrected chi connectivity index (χ0v) is 12.0. The van der Waals surface area contributed by atoms with Gasteiger partial charge in [0.05, 0.1) is 0 Å². The molecule has 0 aromatic heterocycles. The van der Waals surface area contributed by atoms with Crippen molar-refractivity contribution >= 4 is 0 Å². The molecule has 2 heterocycles. The molecule has 2 heteroatoms. The molecular formula is C15H30N2. The third kappa shape index (κ3) is 3.03. The minimum Gasteiger partial charge on any atom is -0.299 e. The van der Waals surface area contributed by atoms with Crippen molar-refractivity contribution in [3.63, 3.8) is 0 Å². The SMILES string of the molecule is CCC(CC)C(C)N1CCCN2CCCC2C1. The van der Waals surface area contributed by atoms with E-state index in [1.165, 1.54) is 58.3 Å². The van der Waals surface area contributed by atoms with E-state index in [4.69, 9.17) is 0 Å². The van der Waals surface area contributed by atoms with E-state index in [-0.39, 0.29) is 0 Å². The summed E-state index contributed by atoms with van der Waals surface area (Å²) in [5.41, 5.74) is 0. The van der Waals surface area contributed by atoms with Crippen LogP contribution in [0.15, 0.2) is 0 Å². The maximum absolute atomic E-state index is 2.79. The third-order valence-corrected chi connectivity index (χ3v) is 5.14. The van der Waals surface area contributed by atoms with E-state index in [0.29, 0.717) is 0 Å². The van der Waals surface area contributed by atoms with Crippen molar-refractivity contribution in [3.05, 3.63) is 0 Å². The topological polar surface area (TPSA) is 6.48 Å². The Morgan fingerprint density at radius 3 is 2.47 bits per heavy atom. The quantitative estimate of drug-likeness (QED) is 0.743. The van der Waals surface area contributed by atoms with Crippen molar-refractivity contribution < 1.29 is 0 Å². The molecule has 2 unspecified atom stereocenters. The Morgan fingerprint density at radius 1 is 1.06 bits per heavy atom. The predicted molar refractivity (Wildman–Crippen MR) is 74.3 cm³/mol. The first-order valence-corrected chi connectivity index (χ1v) is 7.74. The Morgan fingerprint density at radius 2 is 1.76 bits per heavy atom. The highest BCUT2D eigenvalue weighted by Gasteiger charge is 2.31. The lowest BCUT2D eigenvalue weighted by Crippen LogP contribution is -2.43. The van der Waals surface area contributed by atoms with Gasteiger partial charge in [-0.15, -0.1) is 0 Å². The molecule has 2 atom stereocenters. The Kier molecular flexibility index (Phi) is 4.87. The molecule has 0 N–H and O–H groups in total. The van der Waals surface area contributed by atoms with E-state index in [1.54, 1.807) is 0 Å². The van der Waals surface area contributed by atoms with Crippen LogP contribution in [0.3, 0.4) is 0 Å². The van der Waals surface area contributed by atoms with Gasteiger partial charge in [0.2, 0.25) is 0 Å². The zero-order valence-electron chi connectivity index (χ0n) is 12.0. The molecule has 2 fully saturated rings. The number of nitrogens with zero attached hydrogens (tertiary/aromatic N) is 2. The van der Waals surface area contributed by atoms with Gasteiger partial charge in [0.1, 0.15) is 0 Å². The summed E-state index contributed by atoms with van der Waals surface area (Å²) in [6, 6.07) is 1.65. The number of hydrogen-bond acceptors (Lipinski definition) is 2. The van der Waals surface area contributed by atoms with E-state index in [0.717, 1.165) is 18.0 Å². The minimum absolute atomic E-state index is 0.783. The smallest absolute Gasteiger partial charge is 0.0223 e. The summed E-state index contributed by atoms with van der Waals surface area (Å²) >= 11 is 0. The fraction of sp³-hybridized carbons (Fsp3) is 1.00. The van der Waals surface area contributed by atoms with Gasteiger partial charge in [-0.2, -0.15) is 0 Å². The van der Waals surface area contributed by atoms with Gasteiger partial charge in [0.15, 0.2) is 0 Å². The van der Waals surface area contributed by atoms with Gasteiger partial charge in [0.25, 0.3) is 0 Å². The van der Waals surface area contributed by atoms with E-state index >= 15 is 0 Å². The molecule has 17 heavy (non-hydrogen) atoms. The van der Waals surface area contributed by atoms with Gasteiger partial charge in [-0.25, -0.2) is 0 Å². The lowest BCUT2D eigenvalue weighted by molar-refractivity contribution is 0.134. The van der Waals surface area contributed by atoms with Crippen LogP contribution in [-0.4, -0.2) is 48.1 Å². The van der Waals surface area contributed by atoms with Gasteiger partial charge in [-0.1, -0.05) is 26.7 Å². The molecule has 2 aliphatic rings. The molecular weight excluding hydrogens is 208 g/mol. The summed E-state index contributed by atoms with van der Waals surface area (Å²) in [5.74, 6) is 0.892. The van der Waals surface area contributed by atoms with E-state index in [1.807, 2.05) is 0 Å². The summed E-state index contributed by atoms with van der Waals surface area (Å²) in [5, 5.41) is 0. The molecule has 0 aromatic rings. The Bertz CT molecular complexity index is 225. The summed E-state index contributed by atoms with van der Waals surface area (Å²) in [6.45, 7) is 12.5. The maximum Gasteiger partial charge on any atom is 0.0223 e. The van der Waals surface area contributed by atoms with Crippen LogP contribution in [-0.2, 0) is 0 Å². The highest BCUT2D eigenvalue weighted by Crippen LogP contribution is 2.25. The molecule has 2 saturated heterocycles. The minimum atomic E-state index is 0.783. The fourth-order valence-electron chi connectivity index (χ4n) is 3.87. The van der Waals surface area contributed by atoms with Crippen LogP contribution in [0.25, 0.3) is 0 Å². The highest BCUT2D eigenvalue weighted by atomic mass is 15.3. The summed E-state index contributed by atoms with van der Waals surface area (Å²) in [7, 11) is 0. The molecule has 0 bridgehead atoms. The average molecular weight is 238 g/mol. The zero-order chi connectivity index (χ0) is 12.3. The van der Waals surface area contributed by atoms with E-state index in [9.17, 15) is 0 Å². The van der Waals surface area contributed by atoms with Crippen LogP contribution in [0.1, 0.15) is 52.9 Å². The van der Waals surface area contributed by atoms with Gasteiger partial charge < -0.3 is 0 Å². The van der Waals surface area contributed by atoms with Crippen molar-refractivity contribution in [2.75, 3.05) is 26.2 Å². The number of fused-ring (bicyclic) bond motifs is 1. The maximum atomic E-state index is 2.79. The van der Waals surface area contributed by atoms with Crippen LogP contribution >= 0.6 is 0 Å². The summed E-state index contributed by atoms with van der Waals surface area (Å²) in [6.07, 6.45) is 6.91. The molecule has 0 saturated carbocycles. The molecule has 2 rings (SSSR count). The third-order valence-electron chi connectivity index (χ3n) is 5.14. The fourth-order valence-corrected chi connectivity index (χ4v) is 3.87. The number of hydrogen-bond donors (Lipinski definition) is 0. The molecule has 2 nitrogen and oxygen atoms in total. The van der Waals surface area contributed by atoms with Crippen LogP contribution in [0.5, 0.6) is 0 Å². The summed E-state index contributed by atoms with van der Waals surface area (Å²) < 4.78 is 0. The van der Waals surface area contributed by atoms with Crippen LogP contribution in [0.4, 0.5) is 0 Å². The molecule has 0 aliphatic carbocycles. The second kappa shape index (κ2) is 6.19. The first kappa shape index (κ1) is 13.4. The largest absolute Gasteiger partial charge is 0.299 e. The van der Waals surface area contributed by atoms with Gasteiger partial charge in [-0.3, -0.25) is 9.80 Å². The molecule has 2 aliphatic heterocycles. The molecule has 0 aromatic carbocycles. The Labute approximate surface area is 107 Å². The van der Waals surface area contributed by atoms with E-state index < -0.39 is 0 Å². The Hall–Kier alpha value is -0.0800. The summed E-state index contributed by atoms with van der Waals surface area (Å²) in [4.78, 5) is 5.52. The van der Waals surface area contributed by atoms with Crippen LogP contribution in [0, 0.1) is 5.92 Å². The van der Waals surface area contributed by atoms with Gasteiger partial charge in [-0.05, 0) is 51.7 Å². The average Bonchev–Trinajstić information content (AvgIpc) is 2.68. The standard InChI is InChI=1S/C15H30N2/c1-4-14(5-2)13(3)17-11-7-10-16-9-6-8-15(16)12-17/h13-15H,4-12H2,1-3H3. The lowest BCUT2D eigenvalue weighted by Gasteiger charge is -2.35. The van der Waals surface area contributed by atoms with Crippen molar-refractivity contribution in [1.29, 1.82) is 0 Å². The van der Waals surface area contributed by atoms with Crippen LogP contribution in [0.2, 0.25) is 0 Å². The monoisotopic (exact) mass is 238 g/mol. The Balaban J connectivity index is 1.95. The second-order valence-electron chi connectivity index (χ2n) is 6.00. The molecule has 0 amide bonds. The molecule has 100 valence electrons. The van der Waals surface area contributed by atoms with Crippen molar-refractivity contribution in [3.8, 4) is 0 Å². The lowest BCUT2D eigenvalue weighted by atomic mass is 9.94. The second-order valence-corrected chi connectivity index (χ2v) is 6.00. The molecule has 0 radical (unpaired) electrons. The first-order valence-electron chi connectivity index (χ1n) is 7.74. The highest BCUT2D eigenvalue weighted by molar-refractivity contribution is 4.87. The molecule has 0 spiro atoms. The predicted octanol–water partition coefficient (Wildman–Crippen LogP) is 2.98. The van der Waals surface area contributed by atoms with Crippen molar-refractivity contribution in [2.24, 2.45) is 5.92 Å². The first-order chi connectivity index (χ1) is 8.26. The van der Waals surface area contributed by atoms with Gasteiger partial charge in [0, 0.05) is 18.6 Å². The van der Waals surface area contributed by atoms with Gasteiger partial charge >= 0.3 is 0 Å². The van der Waals surface area contributed by atoms with E-state index in [2.05, 4.69) is 30.6 Å². The van der Waals surface area contributed by atoms with Crippen LogP contribution < -0.4 is 0 Å².